The molecule has 29 heavy (non-hydrogen) atoms. The lowest BCUT2D eigenvalue weighted by Crippen LogP contribution is -2.20. The molecule has 4 aromatic heterocycles. The molecule has 0 aromatic carbocycles. The Labute approximate surface area is 163 Å². The molecule has 4 aromatic rings. The topological polar surface area (TPSA) is 112 Å². The Morgan fingerprint density at radius 1 is 1.24 bits per heavy atom. The zero-order chi connectivity index (χ0) is 20.1. The molecule has 11 heteroatoms. The predicted octanol–water partition coefficient (Wildman–Crippen LogP) is 2.59. The van der Waals surface area contributed by atoms with Gasteiger partial charge in [-0.25, -0.2) is 23.0 Å². The number of anilines is 2. The number of fused-ring (bicyclic) bond motifs is 2. The second-order valence-corrected chi connectivity index (χ2v) is 7.32. The molecule has 1 atom stereocenters. The van der Waals surface area contributed by atoms with Crippen molar-refractivity contribution in [1.29, 1.82) is 0 Å². The van der Waals surface area contributed by atoms with E-state index in [4.69, 9.17) is 5.73 Å². The molecule has 1 fully saturated rings. The van der Waals surface area contributed by atoms with E-state index in [9.17, 15) is 8.78 Å². The molecular weight excluding hydrogens is 380 g/mol. The van der Waals surface area contributed by atoms with Gasteiger partial charge in [-0.2, -0.15) is 4.98 Å². The van der Waals surface area contributed by atoms with Crippen LogP contribution in [0.4, 0.5) is 20.5 Å². The van der Waals surface area contributed by atoms with Gasteiger partial charge in [-0.15, -0.1) is 10.2 Å². The van der Waals surface area contributed by atoms with Gasteiger partial charge in [0.1, 0.15) is 17.6 Å². The highest BCUT2D eigenvalue weighted by atomic mass is 19.3. The van der Waals surface area contributed by atoms with E-state index in [1.54, 1.807) is 22.8 Å². The molecule has 0 unspecified atom stereocenters. The van der Waals surface area contributed by atoms with Crippen molar-refractivity contribution in [2.75, 3.05) is 11.1 Å². The summed E-state index contributed by atoms with van der Waals surface area (Å²) < 4.78 is 28.3. The molecule has 0 radical (unpaired) electrons. The summed E-state index contributed by atoms with van der Waals surface area (Å²) in [4.78, 5) is 8.89. The second kappa shape index (κ2) is 6.61. The predicted molar refractivity (Wildman–Crippen MR) is 104 cm³/mol. The normalized spacial score (nSPS) is 15.4. The molecular formula is C18H19F2N9. The third kappa shape index (κ3) is 3.22. The van der Waals surface area contributed by atoms with Gasteiger partial charge in [0.15, 0.2) is 11.5 Å². The van der Waals surface area contributed by atoms with Crippen molar-refractivity contribution in [1.82, 2.24) is 34.6 Å². The van der Waals surface area contributed by atoms with Crippen LogP contribution < -0.4 is 11.1 Å². The van der Waals surface area contributed by atoms with Crippen molar-refractivity contribution in [3.8, 4) is 11.3 Å². The maximum absolute atomic E-state index is 12.8. The molecule has 0 spiro atoms. The summed E-state index contributed by atoms with van der Waals surface area (Å²) in [5.41, 5.74) is 8.83. The van der Waals surface area contributed by atoms with Crippen molar-refractivity contribution in [3.05, 3.63) is 24.4 Å². The van der Waals surface area contributed by atoms with Gasteiger partial charge in [-0.05, 0) is 43.9 Å². The molecule has 9 nitrogen and oxygen atoms in total. The molecule has 1 aliphatic carbocycles. The van der Waals surface area contributed by atoms with Gasteiger partial charge in [0, 0.05) is 17.8 Å². The summed E-state index contributed by atoms with van der Waals surface area (Å²) in [6.45, 7) is 1.54. The highest BCUT2D eigenvalue weighted by Gasteiger charge is 2.28. The molecule has 1 saturated carbocycles. The van der Waals surface area contributed by atoms with E-state index in [1.807, 2.05) is 6.07 Å². The highest BCUT2D eigenvalue weighted by molar-refractivity contribution is 5.88. The molecule has 5 rings (SSSR count). The quantitative estimate of drug-likeness (QED) is 0.512. The second-order valence-electron chi connectivity index (χ2n) is 7.32. The lowest BCUT2D eigenvalue weighted by Gasteiger charge is -2.13. The smallest absolute Gasteiger partial charge is 0.258 e. The van der Waals surface area contributed by atoms with Crippen LogP contribution in [0.5, 0.6) is 0 Å². The number of nitrogens with one attached hydrogen (secondary N) is 1. The van der Waals surface area contributed by atoms with Gasteiger partial charge in [0.25, 0.3) is 6.43 Å². The maximum atomic E-state index is 12.8. The van der Waals surface area contributed by atoms with Crippen LogP contribution in [0.2, 0.25) is 0 Å². The average Bonchev–Trinajstić information content (AvgIpc) is 3.34. The first-order valence-electron chi connectivity index (χ1n) is 9.40. The van der Waals surface area contributed by atoms with Crippen molar-refractivity contribution in [2.45, 2.75) is 38.8 Å². The SMILES string of the molecule is C[C@@H](Nc1nc(N)c2c(-c3ccc4nnn(CC(F)F)c4n3)ccn2n1)C1CC1. The summed E-state index contributed by atoms with van der Waals surface area (Å²) >= 11 is 0. The van der Waals surface area contributed by atoms with Gasteiger partial charge in [-0.1, -0.05) is 5.21 Å². The first-order valence-corrected chi connectivity index (χ1v) is 9.40. The highest BCUT2D eigenvalue weighted by Crippen LogP contribution is 2.34. The number of nitrogens with two attached hydrogens (primary N) is 1. The van der Waals surface area contributed by atoms with Gasteiger partial charge in [-0.3, -0.25) is 0 Å². The number of hydrogen-bond donors (Lipinski definition) is 2. The minimum Gasteiger partial charge on any atom is -0.382 e. The first-order chi connectivity index (χ1) is 14.0. The summed E-state index contributed by atoms with van der Waals surface area (Å²) in [6.07, 6.45) is 1.65. The van der Waals surface area contributed by atoms with E-state index in [2.05, 4.69) is 37.6 Å². The monoisotopic (exact) mass is 399 g/mol. The summed E-state index contributed by atoms with van der Waals surface area (Å²) in [5.74, 6) is 1.43. The van der Waals surface area contributed by atoms with Crippen LogP contribution in [0.1, 0.15) is 19.8 Å². The average molecular weight is 399 g/mol. The molecule has 0 amide bonds. The first kappa shape index (κ1) is 17.7. The number of rotatable bonds is 6. The van der Waals surface area contributed by atoms with Crippen LogP contribution in [0.15, 0.2) is 24.4 Å². The number of halogens is 2. The molecule has 0 saturated heterocycles. The standard InChI is InChI=1S/C18H19F2N9/c1-9(10-2-3-10)22-18-24-16(21)15-11(6-7-28(15)26-18)12-4-5-13-17(23-12)29(27-25-13)8-14(19)20/h4-7,9-10,14H,2-3,8H2,1H3,(H3,21,22,24,26)/t9-/m1/s1. The van der Waals surface area contributed by atoms with Gasteiger partial charge >= 0.3 is 0 Å². The molecule has 4 heterocycles. The number of hydrogen-bond acceptors (Lipinski definition) is 7. The van der Waals surface area contributed by atoms with Crippen molar-refractivity contribution in [3.63, 3.8) is 0 Å². The molecule has 0 bridgehead atoms. The fourth-order valence-electron chi connectivity index (χ4n) is 3.49. The maximum Gasteiger partial charge on any atom is 0.258 e. The van der Waals surface area contributed by atoms with Crippen LogP contribution in [0, 0.1) is 5.92 Å². The number of nitrogens with zero attached hydrogens (tertiary/aromatic N) is 7. The van der Waals surface area contributed by atoms with Crippen molar-refractivity contribution >= 4 is 28.4 Å². The number of nitrogen functional groups attached to an aromatic ring is 1. The fourth-order valence-corrected chi connectivity index (χ4v) is 3.49. The number of alkyl halides is 2. The van der Waals surface area contributed by atoms with Gasteiger partial charge in [0.2, 0.25) is 5.95 Å². The largest absolute Gasteiger partial charge is 0.382 e. The van der Waals surface area contributed by atoms with E-state index >= 15 is 0 Å². The third-order valence-electron chi connectivity index (χ3n) is 5.17. The van der Waals surface area contributed by atoms with E-state index in [0.29, 0.717) is 40.0 Å². The molecule has 0 aliphatic heterocycles. The summed E-state index contributed by atoms with van der Waals surface area (Å²) in [7, 11) is 0. The van der Waals surface area contributed by atoms with E-state index in [0.717, 1.165) is 4.68 Å². The van der Waals surface area contributed by atoms with Crippen LogP contribution in [-0.4, -0.2) is 47.0 Å². The summed E-state index contributed by atoms with van der Waals surface area (Å²) in [5, 5.41) is 15.4. The molecule has 1 aliphatic rings. The summed E-state index contributed by atoms with van der Waals surface area (Å²) in [6, 6.07) is 5.55. The Morgan fingerprint density at radius 3 is 2.83 bits per heavy atom. The minimum atomic E-state index is -2.55. The Kier molecular flexibility index (Phi) is 4.03. The van der Waals surface area contributed by atoms with E-state index < -0.39 is 13.0 Å². The molecule has 150 valence electrons. The molecule has 3 N–H and O–H groups in total. The van der Waals surface area contributed by atoms with Crippen LogP contribution in [0.25, 0.3) is 27.9 Å². The zero-order valence-electron chi connectivity index (χ0n) is 15.6. The van der Waals surface area contributed by atoms with Crippen LogP contribution >= 0.6 is 0 Å². The fraction of sp³-hybridized carbons (Fsp3) is 0.389. The number of pyridine rings is 1. The van der Waals surface area contributed by atoms with Crippen molar-refractivity contribution in [2.24, 2.45) is 5.92 Å². The van der Waals surface area contributed by atoms with Crippen LogP contribution in [-0.2, 0) is 6.54 Å². The zero-order valence-corrected chi connectivity index (χ0v) is 15.6. The lowest BCUT2D eigenvalue weighted by molar-refractivity contribution is 0.122. The van der Waals surface area contributed by atoms with Gasteiger partial charge in [0.05, 0.1) is 5.69 Å². The van der Waals surface area contributed by atoms with E-state index in [1.165, 1.54) is 12.8 Å². The van der Waals surface area contributed by atoms with Gasteiger partial charge < -0.3 is 11.1 Å². The third-order valence-corrected chi connectivity index (χ3v) is 5.17. The van der Waals surface area contributed by atoms with E-state index in [-0.39, 0.29) is 11.7 Å². The van der Waals surface area contributed by atoms with Crippen molar-refractivity contribution < 1.29 is 8.78 Å². The number of aromatic nitrogens is 7. The Morgan fingerprint density at radius 2 is 2.07 bits per heavy atom. The van der Waals surface area contributed by atoms with Crippen LogP contribution in [0.3, 0.4) is 0 Å². The Hall–Kier alpha value is -3.37. The minimum absolute atomic E-state index is 0.286. The Bertz CT molecular complexity index is 1190. The lowest BCUT2D eigenvalue weighted by atomic mass is 10.2. The Balaban J connectivity index is 1.54.